The average Bonchev–Trinajstić information content (AvgIpc) is 3.12. The van der Waals surface area contributed by atoms with Crippen molar-refractivity contribution in [1.29, 1.82) is 0 Å². The minimum Gasteiger partial charge on any atom is -0.478 e. The predicted octanol–water partition coefficient (Wildman–Crippen LogP) is 5.29. The molecule has 1 aliphatic carbocycles. The molecule has 0 bridgehead atoms. The van der Waals surface area contributed by atoms with Crippen LogP contribution in [0.15, 0.2) is 66.7 Å². The molecule has 1 unspecified atom stereocenters. The van der Waals surface area contributed by atoms with E-state index in [-0.39, 0.29) is 35.2 Å². The molecule has 34 heavy (non-hydrogen) atoms. The van der Waals surface area contributed by atoms with Gasteiger partial charge in [0, 0.05) is 18.4 Å². The van der Waals surface area contributed by atoms with Crippen LogP contribution in [0.4, 0.5) is 10.5 Å². The molecule has 0 heterocycles. The summed E-state index contributed by atoms with van der Waals surface area (Å²) in [6, 6.07) is 19.6. The number of amides is 2. The maximum Gasteiger partial charge on any atom is 0.407 e. The standard InChI is InChI=1S/C26H23ClN2O5/c1-15(12-24(30)29-23-13-16(25(31)32)10-11-22(23)27)28-26(33)34-14-21-19-8-4-2-6-17(19)18-7-3-5-9-20(18)21/h2-11,13,15,21H,12,14H2,1H3,(H,28,33)(H,29,30)(H,31,32). The number of hydrogen-bond donors (Lipinski definition) is 3. The molecule has 3 aromatic rings. The summed E-state index contributed by atoms with van der Waals surface area (Å²) in [5, 5.41) is 14.6. The summed E-state index contributed by atoms with van der Waals surface area (Å²) in [6.07, 6.45) is -0.661. The number of anilines is 1. The van der Waals surface area contributed by atoms with E-state index >= 15 is 0 Å². The number of carboxylic acid groups (broad SMARTS) is 1. The number of alkyl carbamates (subject to hydrolysis) is 1. The van der Waals surface area contributed by atoms with Gasteiger partial charge in [0.25, 0.3) is 0 Å². The third-order valence-electron chi connectivity index (χ3n) is 5.69. The molecule has 174 valence electrons. The van der Waals surface area contributed by atoms with Crippen LogP contribution in [0, 0.1) is 0 Å². The van der Waals surface area contributed by atoms with Gasteiger partial charge in [-0.15, -0.1) is 0 Å². The normalized spacial score (nSPS) is 12.9. The van der Waals surface area contributed by atoms with Crippen LogP contribution < -0.4 is 10.6 Å². The van der Waals surface area contributed by atoms with Crippen molar-refractivity contribution in [1.82, 2.24) is 5.32 Å². The van der Waals surface area contributed by atoms with E-state index in [1.54, 1.807) is 6.92 Å². The molecule has 8 heteroatoms. The van der Waals surface area contributed by atoms with Gasteiger partial charge in [0.05, 0.1) is 16.3 Å². The first-order valence-electron chi connectivity index (χ1n) is 10.8. The topological polar surface area (TPSA) is 105 Å². The molecular formula is C26H23ClN2O5. The lowest BCUT2D eigenvalue weighted by molar-refractivity contribution is -0.116. The number of carbonyl (C=O) groups is 3. The van der Waals surface area contributed by atoms with Crippen molar-refractivity contribution in [3.05, 3.63) is 88.4 Å². The van der Waals surface area contributed by atoms with E-state index < -0.39 is 24.0 Å². The highest BCUT2D eigenvalue weighted by Gasteiger charge is 2.29. The van der Waals surface area contributed by atoms with Gasteiger partial charge in [-0.1, -0.05) is 60.1 Å². The molecule has 0 saturated heterocycles. The maximum atomic E-state index is 12.4. The Hall–Kier alpha value is -3.84. The molecular weight excluding hydrogens is 456 g/mol. The number of ether oxygens (including phenoxy) is 1. The summed E-state index contributed by atoms with van der Waals surface area (Å²) in [5.41, 5.74) is 4.71. The Kier molecular flexibility index (Phi) is 6.84. The van der Waals surface area contributed by atoms with Crippen LogP contribution in [-0.2, 0) is 9.53 Å². The van der Waals surface area contributed by atoms with E-state index in [0.717, 1.165) is 22.3 Å². The van der Waals surface area contributed by atoms with Crippen molar-refractivity contribution in [2.45, 2.75) is 25.3 Å². The highest BCUT2D eigenvalue weighted by molar-refractivity contribution is 6.33. The fourth-order valence-corrected chi connectivity index (χ4v) is 4.29. The third-order valence-corrected chi connectivity index (χ3v) is 6.02. The Morgan fingerprint density at radius 2 is 1.62 bits per heavy atom. The van der Waals surface area contributed by atoms with Gasteiger partial charge in [0.15, 0.2) is 0 Å². The van der Waals surface area contributed by atoms with E-state index in [1.165, 1.54) is 18.2 Å². The zero-order valence-electron chi connectivity index (χ0n) is 18.4. The number of halogens is 1. The number of rotatable bonds is 7. The molecule has 0 saturated carbocycles. The van der Waals surface area contributed by atoms with E-state index in [2.05, 4.69) is 22.8 Å². The van der Waals surface area contributed by atoms with E-state index in [0.29, 0.717) is 0 Å². The number of aromatic carboxylic acids is 1. The molecule has 0 aliphatic heterocycles. The van der Waals surface area contributed by atoms with E-state index in [9.17, 15) is 14.4 Å². The number of nitrogens with one attached hydrogen (secondary N) is 2. The van der Waals surface area contributed by atoms with Crippen LogP contribution in [0.3, 0.4) is 0 Å². The fraction of sp³-hybridized carbons (Fsp3) is 0.192. The molecule has 0 radical (unpaired) electrons. The van der Waals surface area contributed by atoms with Gasteiger partial charge in [-0.05, 0) is 47.4 Å². The number of hydrogen-bond acceptors (Lipinski definition) is 4. The van der Waals surface area contributed by atoms with Crippen LogP contribution >= 0.6 is 11.6 Å². The first kappa shape index (κ1) is 23.3. The molecule has 4 rings (SSSR count). The van der Waals surface area contributed by atoms with Crippen molar-refractivity contribution in [3.63, 3.8) is 0 Å². The summed E-state index contributed by atoms with van der Waals surface area (Å²) < 4.78 is 5.50. The Morgan fingerprint density at radius 3 is 2.24 bits per heavy atom. The van der Waals surface area contributed by atoms with Crippen LogP contribution in [0.2, 0.25) is 5.02 Å². The maximum absolute atomic E-state index is 12.4. The first-order valence-corrected chi connectivity index (χ1v) is 11.2. The van der Waals surface area contributed by atoms with Crippen LogP contribution in [0.25, 0.3) is 11.1 Å². The lowest BCUT2D eigenvalue weighted by Gasteiger charge is -2.17. The second-order valence-electron chi connectivity index (χ2n) is 8.12. The van der Waals surface area contributed by atoms with Gasteiger partial charge in [-0.2, -0.15) is 0 Å². The predicted molar refractivity (Wildman–Crippen MR) is 129 cm³/mol. The first-order chi connectivity index (χ1) is 16.3. The highest BCUT2D eigenvalue weighted by Crippen LogP contribution is 2.44. The van der Waals surface area contributed by atoms with E-state index in [1.807, 2.05) is 36.4 Å². The zero-order valence-corrected chi connectivity index (χ0v) is 19.1. The number of carboxylic acids is 1. The Morgan fingerprint density at radius 1 is 1.00 bits per heavy atom. The minimum atomic E-state index is -1.13. The van der Waals surface area contributed by atoms with Gasteiger partial charge in [0.1, 0.15) is 6.61 Å². The summed E-state index contributed by atoms with van der Waals surface area (Å²) in [7, 11) is 0. The van der Waals surface area contributed by atoms with Crippen LogP contribution in [-0.4, -0.2) is 35.7 Å². The molecule has 0 spiro atoms. The number of fused-ring (bicyclic) bond motifs is 3. The quantitative estimate of drug-likeness (QED) is 0.427. The lowest BCUT2D eigenvalue weighted by Crippen LogP contribution is -2.36. The van der Waals surface area contributed by atoms with Gasteiger partial charge < -0.3 is 20.5 Å². The van der Waals surface area contributed by atoms with Crippen molar-refractivity contribution in [3.8, 4) is 11.1 Å². The molecule has 0 fully saturated rings. The van der Waals surface area contributed by atoms with Gasteiger partial charge in [-0.25, -0.2) is 9.59 Å². The van der Waals surface area contributed by atoms with Crippen molar-refractivity contribution < 1.29 is 24.2 Å². The molecule has 1 atom stereocenters. The Balaban J connectivity index is 1.31. The summed E-state index contributed by atoms with van der Waals surface area (Å²) in [4.78, 5) is 35.9. The lowest BCUT2D eigenvalue weighted by atomic mass is 9.98. The summed E-state index contributed by atoms with van der Waals surface area (Å²) in [6.45, 7) is 1.85. The van der Waals surface area contributed by atoms with Crippen molar-refractivity contribution in [2.75, 3.05) is 11.9 Å². The molecule has 0 aromatic heterocycles. The van der Waals surface area contributed by atoms with Crippen LogP contribution in [0.5, 0.6) is 0 Å². The Labute approximate surface area is 201 Å². The molecule has 1 aliphatic rings. The third kappa shape index (κ3) is 5.05. The average molecular weight is 479 g/mol. The highest BCUT2D eigenvalue weighted by atomic mass is 35.5. The van der Waals surface area contributed by atoms with Crippen LogP contribution in [0.1, 0.15) is 40.7 Å². The molecule has 3 aromatic carbocycles. The van der Waals surface area contributed by atoms with Crippen molar-refractivity contribution in [2.24, 2.45) is 0 Å². The summed E-state index contributed by atoms with van der Waals surface area (Å²) in [5.74, 6) is -1.60. The smallest absolute Gasteiger partial charge is 0.407 e. The second kappa shape index (κ2) is 9.97. The zero-order chi connectivity index (χ0) is 24.2. The number of carbonyl (C=O) groups excluding carboxylic acids is 2. The monoisotopic (exact) mass is 478 g/mol. The van der Waals surface area contributed by atoms with Crippen molar-refractivity contribution >= 4 is 35.3 Å². The Bertz CT molecular complexity index is 1210. The van der Waals surface area contributed by atoms with E-state index in [4.69, 9.17) is 21.4 Å². The largest absolute Gasteiger partial charge is 0.478 e. The van der Waals surface area contributed by atoms with Gasteiger partial charge in [0.2, 0.25) is 5.91 Å². The molecule has 3 N–H and O–H groups in total. The number of benzene rings is 3. The van der Waals surface area contributed by atoms with Gasteiger partial charge in [-0.3, -0.25) is 4.79 Å². The fourth-order valence-electron chi connectivity index (χ4n) is 4.13. The second-order valence-corrected chi connectivity index (χ2v) is 8.53. The van der Waals surface area contributed by atoms with Gasteiger partial charge >= 0.3 is 12.1 Å². The minimum absolute atomic E-state index is 0.00418. The molecule has 7 nitrogen and oxygen atoms in total. The SMILES string of the molecule is CC(CC(=O)Nc1cc(C(=O)O)ccc1Cl)NC(=O)OCC1c2ccccc2-c2ccccc21. The summed E-state index contributed by atoms with van der Waals surface area (Å²) >= 11 is 6.04. The molecule has 2 amide bonds.